The molecule has 1 aromatic heterocycles. The third-order valence-electron chi connectivity index (χ3n) is 3.87. The first-order valence-electron chi connectivity index (χ1n) is 9.26. The Morgan fingerprint density at radius 3 is 2.48 bits per heavy atom. The van der Waals surface area contributed by atoms with E-state index in [0.29, 0.717) is 22.8 Å². The predicted molar refractivity (Wildman–Crippen MR) is 112 cm³/mol. The zero-order chi connectivity index (χ0) is 21.4. The van der Waals surface area contributed by atoms with Gasteiger partial charge in [-0.1, -0.05) is 18.7 Å². The number of nitrogens with one attached hydrogen (secondary N) is 1. The van der Waals surface area contributed by atoms with Gasteiger partial charge in [0, 0.05) is 23.9 Å². The van der Waals surface area contributed by atoms with Gasteiger partial charge in [0.15, 0.2) is 10.9 Å². The molecule has 8 nitrogen and oxygen atoms in total. The number of hydrogen-bond acceptors (Lipinski definition) is 8. The van der Waals surface area contributed by atoms with Crippen LogP contribution in [0.2, 0.25) is 0 Å². The number of ketones is 1. The SMILES string of the molecule is CCCC(=O)Nc1ccc(C(=O)C(C)Sc2ncc(C(=O)OCC)c(N)n2)cc1. The second kappa shape index (κ2) is 10.6. The summed E-state index contributed by atoms with van der Waals surface area (Å²) in [7, 11) is 0. The van der Waals surface area contributed by atoms with Crippen LogP contribution in [0.4, 0.5) is 11.5 Å². The molecule has 0 aliphatic rings. The molecule has 0 saturated heterocycles. The number of nitrogens with two attached hydrogens (primary N) is 1. The van der Waals surface area contributed by atoms with E-state index in [1.165, 1.54) is 6.20 Å². The number of amides is 1. The summed E-state index contributed by atoms with van der Waals surface area (Å²) >= 11 is 1.14. The molecule has 2 rings (SSSR count). The van der Waals surface area contributed by atoms with E-state index in [0.717, 1.165) is 18.2 Å². The minimum atomic E-state index is -0.586. The summed E-state index contributed by atoms with van der Waals surface area (Å²) in [6.07, 6.45) is 2.52. The molecule has 0 aliphatic carbocycles. The van der Waals surface area contributed by atoms with Gasteiger partial charge in [0.2, 0.25) is 5.91 Å². The quantitative estimate of drug-likeness (QED) is 0.276. The molecule has 1 heterocycles. The van der Waals surface area contributed by atoms with Crippen LogP contribution in [0, 0.1) is 0 Å². The van der Waals surface area contributed by atoms with Crippen LogP contribution >= 0.6 is 11.8 Å². The number of nitrogen functional groups attached to an aromatic ring is 1. The summed E-state index contributed by atoms with van der Waals surface area (Å²) in [5.74, 6) is -0.751. The Labute approximate surface area is 173 Å². The molecule has 0 fully saturated rings. The van der Waals surface area contributed by atoms with Gasteiger partial charge in [-0.15, -0.1) is 0 Å². The monoisotopic (exact) mass is 416 g/mol. The number of esters is 1. The lowest BCUT2D eigenvalue weighted by Crippen LogP contribution is -2.16. The minimum absolute atomic E-state index is 0.00720. The third-order valence-corrected chi connectivity index (χ3v) is 4.85. The van der Waals surface area contributed by atoms with Gasteiger partial charge in [0.05, 0.1) is 11.9 Å². The highest BCUT2D eigenvalue weighted by molar-refractivity contribution is 8.00. The first-order chi connectivity index (χ1) is 13.8. The Morgan fingerprint density at radius 2 is 1.90 bits per heavy atom. The van der Waals surface area contributed by atoms with Crippen molar-refractivity contribution in [3.8, 4) is 0 Å². The van der Waals surface area contributed by atoms with Gasteiger partial charge in [0.25, 0.3) is 0 Å². The molecule has 0 bridgehead atoms. The van der Waals surface area contributed by atoms with E-state index < -0.39 is 11.2 Å². The van der Waals surface area contributed by atoms with E-state index in [2.05, 4.69) is 15.3 Å². The van der Waals surface area contributed by atoms with Crippen molar-refractivity contribution >= 4 is 40.9 Å². The standard InChI is InChI=1S/C20H24N4O4S/c1-4-6-16(25)23-14-9-7-13(8-10-14)17(26)12(3)29-20-22-11-15(18(21)24-20)19(27)28-5-2/h7-12H,4-6H2,1-3H3,(H,23,25)(H2,21,22,24). The van der Waals surface area contributed by atoms with E-state index in [1.807, 2.05) is 6.92 Å². The highest BCUT2D eigenvalue weighted by atomic mass is 32.2. The highest BCUT2D eigenvalue weighted by Crippen LogP contribution is 2.24. The molecular weight excluding hydrogens is 392 g/mol. The Hall–Kier alpha value is -2.94. The fourth-order valence-corrected chi connectivity index (χ4v) is 3.24. The van der Waals surface area contributed by atoms with Crippen LogP contribution in [0.25, 0.3) is 0 Å². The average molecular weight is 417 g/mol. The largest absolute Gasteiger partial charge is 0.462 e. The van der Waals surface area contributed by atoms with Crippen molar-refractivity contribution in [1.29, 1.82) is 0 Å². The summed E-state index contributed by atoms with van der Waals surface area (Å²) in [4.78, 5) is 44.2. The molecule has 154 valence electrons. The Morgan fingerprint density at radius 1 is 1.21 bits per heavy atom. The van der Waals surface area contributed by atoms with Crippen molar-refractivity contribution in [2.24, 2.45) is 0 Å². The Kier molecular flexibility index (Phi) is 8.14. The predicted octanol–water partition coefficient (Wildman–Crippen LogP) is 3.34. The topological polar surface area (TPSA) is 124 Å². The van der Waals surface area contributed by atoms with Crippen molar-refractivity contribution < 1.29 is 19.1 Å². The number of aromatic nitrogens is 2. The van der Waals surface area contributed by atoms with Gasteiger partial charge in [-0.05, 0) is 44.5 Å². The summed E-state index contributed by atoms with van der Waals surface area (Å²) in [6, 6.07) is 6.72. The number of carbonyl (C=O) groups is 3. The first kappa shape index (κ1) is 22.4. The van der Waals surface area contributed by atoms with E-state index in [9.17, 15) is 14.4 Å². The van der Waals surface area contributed by atoms with Crippen molar-refractivity contribution in [3.05, 3.63) is 41.6 Å². The van der Waals surface area contributed by atoms with Crippen LogP contribution in [0.3, 0.4) is 0 Å². The number of benzene rings is 1. The molecule has 2 aromatic rings. The van der Waals surface area contributed by atoms with Crippen molar-refractivity contribution in [3.63, 3.8) is 0 Å². The molecule has 1 amide bonds. The molecule has 0 aliphatic heterocycles. The van der Waals surface area contributed by atoms with Crippen LogP contribution in [0.15, 0.2) is 35.6 Å². The second-order valence-corrected chi connectivity index (χ2v) is 7.48. The molecule has 1 aromatic carbocycles. The fourth-order valence-electron chi connectivity index (χ4n) is 2.42. The molecule has 1 atom stereocenters. The maximum absolute atomic E-state index is 12.7. The number of hydrogen-bond donors (Lipinski definition) is 2. The van der Waals surface area contributed by atoms with E-state index in [1.54, 1.807) is 38.1 Å². The number of ether oxygens (including phenoxy) is 1. The smallest absolute Gasteiger partial charge is 0.343 e. The summed E-state index contributed by atoms with van der Waals surface area (Å²) in [6.45, 7) is 5.59. The third kappa shape index (κ3) is 6.28. The second-order valence-electron chi connectivity index (χ2n) is 6.17. The molecular formula is C20H24N4O4S. The zero-order valence-electron chi connectivity index (χ0n) is 16.6. The van der Waals surface area contributed by atoms with Crippen LogP contribution < -0.4 is 11.1 Å². The van der Waals surface area contributed by atoms with Crippen molar-refractivity contribution in [1.82, 2.24) is 9.97 Å². The average Bonchev–Trinajstić information content (AvgIpc) is 2.68. The lowest BCUT2D eigenvalue weighted by atomic mass is 10.1. The van der Waals surface area contributed by atoms with Gasteiger partial charge < -0.3 is 15.8 Å². The summed E-state index contributed by atoms with van der Waals surface area (Å²) < 4.78 is 4.89. The van der Waals surface area contributed by atoms with Crippen molar-refractivity contribution in [2.45, 2.75) is 44.0 Å². The lowest BCUT2D eigenvalue weighted by Gasteiger charge is -2.11. The number of carbonyl (C=O) groups excluding carboxylic acids is 3. The number of thioether (sulfide) groups is 1. The molecule has 1 unspecified atom stereocenters. The number of anilines is 2. The number of Topliss-reactive ketones (excluding diaryl/α,β-unsaturated/α-hetero) is 1. The van der Waals surface area contributed by atoms with E-state index in [-0.39, 0.29) is 29.7 Å². The summed E-state index contributed by atoms with van der Waals surface area (Å²) in [5, 5.41) is 2.60. The first-order valence-corrected chi connectivity index (χ1v) is 10.1. The molecule has 0 spiro atoms. The molecule has 3 N–H and O–H groups in total. The Balaban J connectivity index is 2.02. The van der Waals surface area contributed by atoms with Crippen LogP contribution in [0.1, 0.15) is 54.3 Å². The minimum Gasteiger partial charge on any atom is -0.462 e. The maximum Gasteiger partial charge on any atom is 0.343 e. The van der Waals surface area contributed by atoms with E-state index >= 15 is 0 Å². The Bertz CT molecular complexity index is 887. The van der Waals surface area contributed by atoms with Crippen LogP contribution in [-0.2, 0) is 9.53 Å². The normalized spacial score (nSPS) is 11.6. The van der Waals surface area contributed by atoms with Crippen molar-refractivity contribution in [2.75, 3.05) is 17.7 Å². The van der Waals surface area contributed by atoms with Gasteiger partial charge in [-0.3, -0.25) is 9.59 Å². The van der Waals surface area contributed by atoms with Crippen LogP contribution in [-0.4, -0.2) is 39.5 Å². The highest BCUT2D eigenvalue weighted by Gasteiger charge is 2.20. The van der Waals surface area contributed by atoms with Gasteiger partial charge in [-0.25, -0.2) is 14.8 Å². The maximum atomic E-state index is 12.7. The van der Waals surface area contributed by atoms with Gasteiger partial charge >= 0.3 is 5.97 Å². The fraction of sp³-hybridized carbons (Fsp3) is 0.350. The molecule has 9 heteroatoms. The van der Waals surface area contributed by atoms with Crippen LogP contribution in [0.5, 0.6) is 0 Å². The van der Waals surface area contributed by atoms with Gasteiger partial charge in [0.1, 0.15) is 11.4 Å². The summed E-state index contributed by atoms with van der Waals surface area (Å²) in [5.41, 5.74) is 7.06. The molecule has 0 radical (unpaired) electrons. The number of nitrogens with zero attached hydrogens (tertiary/aromatic N) is 2. The zero-order valence-corrected chi connectivity index (χ0v) is 17.4. The van der Waals surface area contributed by atoms with E-state index in [4.69, 9.17) is 10.5 Å². The molecule has 0 saturated carbocycles. The molecule has 29 heavy (non-hydrogen) atoms. The number of rotatable bonds is 9. The van der Waals surface area contributed by atoms with Gasteiger partial charge in [-0.2, -0.15) is 0 Å². The lowest BCUT2D eigenvalue weighted by molar-refractivity contribution is -0.116.